The number of rotatable bonds is 11. The summed E-state index contributed by atoms with van der Waals surface area (Å²) in [5.74, 6) is 0.470. The summed E-state index contributed by atoms with van der Waals surface area (Å²) >= 11 is 0. The SMILES string of the molecule is CC(C)NC(CCCCN(C(C)C)C(C)C)C(=O)C(C)C. The highest BCUT2D eigenvalue weighted by Gasteiger charge is 2.21. The molecular weight excluding hydrogens is 260 g/mol. The molecule has 3 heteroatoms. The van der Waals surface area contributed by atoms with E-state index >= 15 is 0 Å². The Morgan fingerprint density at radius 3 is 1.81 bits per heavy atom. The van der Waals surface area contributed by atoms with Crippen LogP contribution in [0.15, 0.2) is 0 Å². The number of nitrogens with one attached hydrogen (secondary N) is 1. The van der Waals surface area contributed by atoms with Crippen LogP contribution in [0.4, 0.5) is 0 Å². The number of hydrogen-bond donors (Lipinski definition) is 1. The summed E-state index contributed by atoms with van der Waals surface area (Å²) in [6.07, 6.45) is 3.23. The Kier molecular flexibility index (Phi) is 10.1. The summed E-state index contributed by atoms with van der Waals surface area (Å²) in [6.45, 7) is 18.4. The molecule has 0 amide bonds. The predicted octanol–water partition coefficient (Wildman–Crippen LogP) is 3.87. The Labute approximate surface area is 132 Å². The lowest BCUT2D eigenvalue weighted by molar-refractivity contribution is -0.124. The van der Waals surface area contributed by atoms with Gasteiger partial charge < -0.3 is 5.32 Å². The number of nitrogens with zero attached hydrogens (tertiary/aromatic N) is 1. The first kappa shape index (κ1) is 20.6. The molecule has 0 aromatic carbocycles. The van der Waals surface area contributed by atoms with Crippen molar-refractivity contribution in [2.45, 2.75) is 98.8 Å². The predicted molar refractivity (Wildman–Crippen MR) is 92.7 cm³/mol. The van der Waals surface area contributed by atoms with Gasteiger partial charge in [0.2, 0.25) is 0 Å². The zero-order valence-corrected chi connectivity index (χ0v) is 15.6. The maximum absolute atomic E-state index is 12.3. The molecule has 0 aliphatic heterocycles. The second kappa shape index (κ2) is 10.3. The quantitative estimate of drug-likeness (QED) is 0.588. The molecular formula is C18H38N2O. The molecule has 1 N–H and O–H groups in total. The first-order valence-electron chi connectivity index (χ1n) is 8.72. The highest BCUT2D eigenvalue weighted by atomic mass is 16.1. The largest absolute Gasteiger partial charge is 0.305 e. The van der Waals surface area contributed by atoms with Crippen LogP contribution in [-0.2, 0) is 4.79 Å². The molecule has 126 valence electrons. The molecule has 0 aromatic heterocycles. The van der Waals surface area contributed by atoms with Gasteiger partial charge >= 0.3 is 0 Å². The summed E-state index contributed by atoms with van der Waals surface area (Å²) in [7, 11) is 0. The Morgan fingerprint density at radius 2 is 1.43 bits per heavy atom. The molecule has 3 nitrogen and oxygen atoms in total. The van der Waals surface area contributed by atoms with E-state index in [1.807, 2.05) is 13.8 Å². The zero-order chi connectivity index (χ0) is 16.6. The Bertz CT molecular complexity index is 277. The summed E-state index contributed by atoms with van der Waals surface area (Å²) in [5.41, 5.74) is 0. The number of unbranched alkanes of at least 4 members (excludes halogenated alkanes) is 1. The fourth-order valence-corrected chi connectivity index (χ4v) is 2.87. The summed E-state index contributed by atoms with van der Waals surface area (Å²) < 4.78 is 0. The molecule has 0 spiro atoms. The summed E-state index contributed by atoms with van der Waals surface area (Å²) in [5, 5.41) is 3.43. The van der Waals surface area contributed by atoms with E-state index in [0.29, 0.717) is 23.9 Å². The van der Waals surface area contributed by atoms with Crippen LogP contribution in [0.5, 0.6) is 0 Å². The molecule has 1 unspecified atom stereocenters. The number of hydrogen-bond acceptors (Lipinski definition) is 3. The third-order valence-electron chi connectivity index (χ3n) is 3.93. The standard InChI is InChI=1S/C18H38N2O/c1-13(2)18(21)17(19-14(3)4)11-9-10-12-20(15(5)6)16(7)8/h13-17,19H,9-12H2,1-8H3. The van der Waals surface area contributed by atoms with Crippen molar-refractivity contribution in [2.24, 2.45) is 5.92 Å². The summed E-state index contributed by atoms with van der Waals surface area (Å²) in [6, 6.07) is 1.57. The van der Waals surface area contributed by atoms with Crippen molar-refractivity contribution in [1.29, 1.82) is 0 Å². The van der Waals surface area contributed by atoms with Gasteiger partial charge in [-0.3, -0.25) is 9.69 Å². The van der Waals surface area contributed by atoms with E-state index in [2.05, 4.69) is 51.8 Å². The van der Waals surface area contributed by atoms with Crippen molar-refractivity contribution in [3.8, 4) is 0 Å². The van der Waals surface area contributed by atoms with Crippen molar-refractivity contribution in [2.75, 3.05) is 6.54 Å². The Hall–Kier alpha value is -0.410. The van der Waals surface area contributed by atoms with Crippen LogP contribution >= 0.6 is 0 Å². The fourth-order valence-electron chi connectivity index (χ4n) is 2.87. The van der Waals surface area contributed by atoms with E-state index < -0.39 is 0 Å². The smallest absolute Gasteiger partial charge is 0.152 e. The average Bonchev–Trinajstić information content (AvgIpc) is 2.34. The normalized spacial score (nSPS) is 14.0. The lowest BCUT2D eigenvalue weighted by Crippen LogP contribution is -2.43. The molecule has 0 aromatic rings. The highest BCUT2D eigenvalue weighted by Crippen LogP contribution is 2.12. The molecule has 0 heterocycles. The van der Waals surface area contributed by atoms with E-state index in [0.717, 1.165) is 25.8 Å². The van der Waals surface area contributed by atoms with Gasteiger partial charge in [0.1, 0.15) is 0 Å². The maximum atomic E-state index is 12.3. The van der Waals surface area contributed by atoms with E-state index in [9.17, 15) is 4.79 Å². The maximum Gasteiger partial charge on any atom is 0.152 e. The van der Waals surface area contributed by atoms with Gasteiger partial charge in [-0.15, -0.1) is 0 Å². The van der Waals surface area contributed by atoms with E-state index in [1.165, 1.54) is 0 Å². The van der Waals surface area contributed by atoms with E-state index in [4.69, 9.17) is 0 Å². The van der Waals surface area contributed by atoms with Gasteiger partial charge in [-0.1, -0.05) is 34.1 Å². The van der Waals surface area contributed by atoms with Crippen LogP contribution in [-0.4, -0.2) is 41.4 Å². The van der Waals surface area contributed by atoms with E-state index in [-0.39, 0.29) is 12.0 Å². The van der Waals surface area contributed by atoms with Crippen molar-refractivity contribution < 1.29 is 4.79 Å². The summed E-state index contributed by atoms with van der Waals surface area (Å²) in [4.78, 5) is 14.8. The second-order valence-corrected chi connectivity index (χ2v) is 7.35. The van der Waals surface area contributed by atoms with Crippen LogP contribution in [0, 0.1) is 5.92 Å². The van der Waals surface area contributed by atoms with Gasteiger partial charge in [0.15, 0.2) is 5.78 Å². The first-order valence-corrected chi connectivity index (χ1v) is 8.72. The van der Waals surface area contributed by atoms with Crippen molar-refractivity contribution in [3.63, 3.8) is 0 Å². The second-order valence-electron chi connectivity index (χ2n) is 7.35. The van der Waals surface area contributed by atoms with Gasteiger partial charge in [-0.05, 0) is 47.1 Å². The number of carbonyl (C=O) groups excluding carboxylic acids is 1. The van der Waals surface area contributed by atoms with Crippen LogP contribution in [0.3, 0.4) is 0 Å². The fraction of sp³-hybridized carbons (Fsp3) is 0.944. The van der Waals surface area contributed by atoms with E-state index in [1.54, 1.807) is 0 Å². The highest BCUT2D eigenvalue weighted by molar-refractivity contribution is 5.85. The molecule has 21 heavy (non-hydrogen) atoms. The molecule has 0 bridgehead atoms. The molecule has 0 rings (SSSR count). The molecule has 1 atom stereocenters. The van der Waals surface area contributed by atoms with Gasteiger partial charge in [0, 0.05) is 24.0 Å². The van der Waals surface area contributed by atoms with Crippen LogP contribution in [0.2, 0.25) is 0 Å². The van der Waals surface area contributed by atoms with Crippen LogP contribution < -0.4 is 5.32 Å². The van der Waals surface area contributed by atoms with Crippen LogP contribution in [0.1, 0.15) is 74.7 Å². The Balaban J connectivity index is 4.28. The molecule has 0 radical (unpaired) electrons. The third-order valence-corrected chi connectivity index (χ3v) is 3.93. The number of carbonyl (C=O) groups is 1. The van der Waals surface area contributed by atoms with Crippen molar-refractivity contribution in [3.05, 3.63) is 0 Å². The third kappa shape index (κ3) is 8.57. The molecule has 0 fully saturated rings. The molecule has 0 aliphatic carbocycles. The lowest BCUT2D eigenvalue weighted by Gasteiger charge is -2.30. The minimum atomic E-state index is 0.0246. The monoisotopic (exact) mass is 298 g/mol. The molecule has 0 saturated heterocycles. The van der Waals surface area contributed by atoms with Gasteiger partial charge in [-0.2, -0.15) is 0 Å². The molecule has 0 saturated carbocycles. The first-order chi connectivity index (χ1) is 9.66. The minimum absolute atomic E-state index is 0.0246. The van der Waals surface area contributed by atoms with Crippen molar-refractivity contribution >= 4 is 5.78 Å². The van der Waals surface area contributed by atoms with Crippen LogP contribution in [0.25, 0.3) is 0 Å². The van der Waals surface area contributed by atoms with Gasteiger partial charge in [0.05, 0.1) is 6.04 Å². The average molecular weight is 299 g/mol. The Morgan fingerprint density at radius 1 is 0.905 bits per heavy atom. The molecule has 0 aliphatic rings. The minimum Gasteiger partial charge on any atom is -0.305 e. The number of ketones is 1. The lowest BCUT2D eigenvalue weighted by atomic mass is 9.96. The van der Waals surface area contributed by atoms with Gasteiger partial charge in [0.25, 0.3) is 0 Å². The van der Waals surface area contributed by atoms with Crippen molar-refractivity contribution in [1.82, 2.24) is 10.2 Å². The van der Waals surface area contributed by atoms with Gasteiger partial charge in [-0.25, -0.2) is 0 Å². The zero-order valence-electron chi connectivity index (χ0n) is 15.6. The number of Topliss-reactive ketones (excluding diaryl/α,β-unsaturated/α-hetero) is 1. The topological polar surface area (TPSA) is 32.3 Å².